The van der Waals surface area contributed by atoms with Crippen LogP contribution in [-0.4, -0.2) is 46.4 Å². The van der Waals surface area contributed by atoms with Gasteiger partial charge in [0.2, 0.25) is 5.91 Å². The van der Waals surface area contributed by atoms with E-state index in [9.17, 15) is 19.5 Å². The number of primary amides is 1. The Morgan fingerprint density at radius 2 is 1.81 bits per heavy atom. The smallest absolute Gasteiger partial charge is 0.261 e. The van der Waals surface area contributed by atoms with Crippen molar-refractivity contribution in [1.82, 2.24) is 10.2 Å². The lowest BCUT2D eigenvalue weighted by molar-refractivity contribution is -0.179. The predicted molar refractivity (Wildman–Crippen MR) is 145 cm³/mol. The highest BCUT2D eigenvalue weighted by atomic mass is 32.1. The van der Waals surface area contributed by atoms with E-state index in [-0.39, 0.29) is 30.0 Å². The monoisotopic (exact) mass is 517 g/mol. The van der Waals surface area contributed by atoms with Gasteiger partial charge in [0.25, 0.3) is 11.8 Å². The number of amides is 3. The summed E-state index contributed by atoms with van der Waals surface area (Å²) in [5.74, 6) is -0.911. The quantitative estimate of drug-likeness (QED) is 0.428. The van der Waals surface area contributed by atoms with Crippen molar-refractivity contribution in [3.8, 4) is 11.1 Å². The van der Waals surface area contributed by atoms with E-state index in [1.807, 2.05) is 64.1 Å². The van der Waals surface area contributed by atoms with E-state index < -0.39 is 22.8 Å². The summed E-state index contributed by atoms with van der Waals surface area (Å²) in [7, 11) is 0. The Morgan fingerprint density at radius 3 is 2.49 bits per heavy atom. The van der Waals surface area contributed by atoms with Gasteiger partial charge in [0.05, 0.1) is 17.5 Å². The Labute approximate surface area is 220 Å². The van der Waals surface area contributed by atoms with Crippen molar-refractivity contribution in [2.75, 3.05) is 6.54 Å². The number of rotatable bonds is 6. The highest BCUT2D eigenvalue weighted by Crippen LogP contribution is 2.53. The number of carbonyl (C=O) groups excluding carboxylic acids is 3. The van der Waals surface area contributed by atoms with E-state index in [4.69, 9.17) is 5.73 Å². The summed E-state index contributed by atoms with van der Waals surface area (Å²) in [5, 5.41) is 14.6. The molecule has 2 heterocycles. The van der Waals surface area contributed by atoms with Gasteiger partial charge in [0.15, 0.2) is 0 Å². The summed E-state index contributed by atoms with van der Waals surface area (Å²) < 4.78 is 0.990. The first-order chi connectivity index (χ1) is 17.3. The number of nitrogens with two attached hydrogens (primary N) is 1. The van der Waals surface area contributed by atoms with Crippen LogP contribution in [0.4, 0.5) is 0 Å². The average Bonchev–Trinajstić information content (AvgIpc) is 3.42. The molecule has 1 aromatic heterocycles. The van der Waals surface area contributed by atoms with Crippen molar-refractivity contribution in [1.29, 1.82) is 0 Å². The maximum absolute atomic E-state index is 13.2. The lowest BCUT2D eigenvalue weighted by Gasteiger charge is -2.61. The third-order valence-electron chi connectivity index (χ3n) is 8.00. The molecule has 192 valence electrons. The summed E-state index contributed by atoms with van der Waals surface area (Å²) >= 11 is 1.43. The molecule has 5 rings (SSSR count). The lowest BCUT2D eigenvalue weighted by Crippen LogP contribution is -2.73. The Morgan fingerprint density at radius 1 is 1.14 bits per heavy atom. The summed E-state index contributed by atoms with van der Waals surface area (Å²) in [5.41, 5.74) is 8.09. The molecule has 2 aromatic carbocycles. The van der Waals surface area contributed by atoms with Crippen molar-refractivity contribution in [3.05, 3.63) is 70.6 Å². The van der Waals surface area contributed by atoms with Gasteiger partial charge in [-0.25, -0.2) is 0 Å². The molecule has 3 amide bonds. The molecule has 8 heteroatoms. The lowest BCUT2D eigenvalue weighted by atomic mass is 9.49. The van der Waals surface area contributed by atoms with Crippen molar-refractivity contribution in [3.63, 3.8) is 0 Å². The fraction of sp³-hybridized carbons (Fsp3) is 0.345. The standard InChI is InChI=1S/C29H31N3O4S/c1-15(23(30)33)13-32-14-20-18(7-6-8-19(20)25(32)35)16-9-10-21-17(11-16)12-22(37-21)24(34)31-26-28(2,3)27(36)29(26,4)5/h6-12,26-27,36H,1,13-14H2,2-5H3,(H2,30,33)(H,31,34). The van der Waals surface area contributed by atoms with Gasteiger partial charge in [-0.05, 0) is 46.3 Å². The van der Waals surface area contributed by atoms with Crippen LogP contribution in [0.3, 0.4) is 0 Å². The van der Waals surface area contributed by atoms with Crippen LogP contribution in [0.2, 0.25) is 0 Å². The number of benzene rings is 2. The summed E-state index contributed by atoms with van der Waals surface area (Å²) in [4.78, 5) is 39.7. The highest BCUT2D eigenvalue weighted by molar-refractivity contribution is 7.20. The zero-order valence-corrected chi connectivity index (χ0v) is 22.2. The number of aliphatic hydroxyl groups excluding tert-OH is 1. The van der Waals surface area contributed by atoms with Crippen molar-refractivity contribution >= 4 is 39.1 Å². The molecule has 0 radical (unpaired) electrons. The molecule has 1 aliphatic heterocycles. The fourth-order valence-electron chi connectivity index (χ4n) is 6.13. The van der Waals surface area contributed by atoms with Gasteiger partial charge in [0, 0.05) is 39.3 Å². The highest BCUT2D eigenvalue weighted by Gasteiger charge is 2.61. The minimum Gasteiger partial charge on any atom is -0.392 e. The van der Waals surface area contributed by atoms with Crippen molar-refractivity contribution in [2.24, 2.45) is 16.6 Å². The van der Waals surface area contributed by atoms with Gasteiger partial charge in [-0.1, -0.05) is 52.5 Å². The second-order valence-electron chi connectivity index (χ2n) is 11.3. The molecule has 37 heavy (non-hydrogen) atoms. The molecule has 0 atom stereocenters. The first-order valence-corrected chi connectivity index (χ1v) is 13.1. The van der Waals surface area contributed by atoms with Crippen molar-refractivity contribution in [2.45, 2.75) is 46.4 Å². The van der Waals surface area contributed by atoms with Crippen LogP contribution in [0.5, 0.6) is 0 Å². The number of aliphatic hydroxyl groups is 1. The van der Waals surface area contributed by atoms with E-state index in [1.165, 1.54) is 11.3 Å². The fourth-order valence-corrected chi connectivity index (χ4v) is 7.08. The minimum absolute atomic E-state index is 0.0932. The SMILES string of the molecule is C=C(CN1Cc2c(cccc2-c2ccc3sc(C(=O)NC4C(C)(C)C(O)C4(C)C)cc3c2)C1=O)C(N)=O. The molecule has 1 fully saturated rings. The van der Waals surface area contributed by atoms with Crippen LogP contribution >= 0.6 is 11.3 Å². The largest absolute Gasteiger partial charge is 0.392 e. The molecule has 0 unspecified atom stereocenters. The zero-order valence-electron chi connectivity index (χ0n) is 21.4. The normalized spacial score (nSPS) is 21.4. The third-order valence-corrected chi connectivity index (χ3v) is 9.11. The topological polar surface area (TPSA) is 113 Å². The molecular weight excluding hydrogens is 486 g/mol. The second kappa shape index (κ2) is 8.53. The van der Waals surface area contributed by atoms with Crippen molar-refractivity contribution < 1.29 is 19.5 Å². The maximum atomic E-state index is 13.2. The Kier molecular flexibility index (Phi) is 5.80. The van der Waals surface area contributed by atoms with Gasteiger partial charge in [-0.3, -0.25) is 14.4 Å². The van der Waals surface area contributed by atoms with Crippen LogP contribution in [0.15, 0.2) is 54.6 Å². The molecule has 0 bridgehead atoms. The first kappa shape index (κ1) is 25.2. The van der Waals surface area contributed by atoms with Gasteiger partial charge < -0.3 is 21.1 Å². The van der Waals surface area contributed by atoms with E-state index >= 15 is 0 Å². The number of carbonyl (C=O) groups is 3. The van der Waals surface area contributed by atoms with E-state index in [2.05, 4.69) is 11.9 Å². The number of hydrogen-bond donors (Lipinski definition) is 3. The average molecular weight is 518 g/mol. The molecule has 0 saturated heterocycles. The molecule has 4 N–H and O–H groups in total. The summed E-state index contributed by atoms with van der Waals surface area (Å²) in [6, 6.07) is 13.4. The molecule has 1 saturated carbocycles. The first-order valence-electron chi connectivity index (χ1n) is 12.2. The molecule has 2 aliphatic rings. The van der Waals surface area contributed by atoms with E-state index in [1.54, 1.807) is 11.0 Å². The van der Waals surface area contributed by atoms with Crippen LogP contribution < -0.4 is 11.1 Å². The molecular formula is C29H31N3O4S. The predicted octanol–water partition coefficient (Wildman–Crippen LogP) is 4.09. The number of nitrogens with one attached hydrogen (secondary N) is 1. The van der Waals surface area contributed by atoms with Crippen LogP contribution in [0.25, 0.3) is 21.2 Å². The van der Waals surface area contributed by atoms with Crippen LogP contribution in [0.1, 0.15) is 53.3 Å². The Bertz CT molecular complexity index is 1470. The number of hydrogen-bond acceptors (Lipinski definition) is 5. The number of fused-ring (bicyclic) bond motifs is 2. The molecule has 3 aromatic rings. The van der Waals surface area contributed by atoms with Crippen LogP contribution in [-0.2, 0) is 11.3 Å². The Balaban J connectivity index is 1.41. The van der Waals surface area contributed by atoms with Gasteiger partial charge >= 0.3 is 0 Å². The van der Waals surface area contributed by atoms with Gasteiger partial charge in [-0.2, -0.15) is 0 Å². The van der Waals surface area contributed by atoms with Gasteiger partial charge in [0.1, 0.15) is 0 Å². The second-order valence-corrected chi connectivity index (χ2v) is 12.4. The van der Waals surface area contributed by atoms with E-state index in [0.717, 1.165) is 26.8 Å². The number of thiophene rings is 1. The minimum atomic E-state index is -0.618. The molecule has 0 spiro atoms. The maximum Gasteiger partial charge on any atom is 0.261 e. The molecule has 1 aliphatic carbocycles. The summed E-state index contributed by atoms with van der Waals surface area (Å²) in [6.45, 7) is 12.0. The third kappa shape index (κ3) is 3.95. The summed E-state index contributed by atoms with van der Waals surface area (Å²) in [6.07, 6.45) is -0.487. The Hall–Kier alpha value is -3.49. The van der Waals surface area contributed by atoms with E-state index in [0.29, 0.717) is 17.0 Å². The van der Waals surface area contributed by atoms with Gasteiger partial charge in [-0.15, -0.1) is 11.3 Å². The molecule has 7 nitrogen and oxygen atoms in total. The van der Waals surface area contributed by atoms with Crippen LogP contribution in [0, 0.1) is 10.8 Å². The zero-order chi connectivity index (χ0) is 26.9. The number of nitrogens with zero attached hydrogens (tertiary/aromatic N) is 1.